The van der Waals surface area contributed by atoms with E-state index in [0.717, 1.165) is 32.2 Å². The number of ether oxygens (including phenoxy) is 1. The summed E-state index contributed by atoms with van der Waals surface area (Å²) in [6, 6.07) is -0.0137. The van der Waals surface area contributed by atoms with Gasteiger partial charge < -0.3 is 14.7 Å². The number of carbonyl (C=O) groups is 3. The first kappa shape index (κ1) is 45.4. The molecule has 0 aromatic heterocycles. The summed E-state index contributed by atoms with van der Waals surface area (Å²) in [5.74, 6) is -2.99. The molecule has 0 bridgehead atoms. The molecule has 0 aromatic rings. The van der Waals surface area contributed by atoms with E-state index in [0.29, 0.717) is 19.4 Å². The van der Waals surface area contributed by atoms with Crippen LogP contribution in [0.3, 0.4) is 0 Å². The highest BCUT2D eigenvalue weighted by atomic mass is 16.5. The van der Waals surface area contributed by atoms with Crippen molar-refractivity contribution < 1.29 is 24.2 Å². The number of carboxylic acids is 1. The number of hydrogen-bond donors (Lipinski definition) is 1. The number of aliphatic carboxylic acids is 1. The zero-order chi connectivity index (χ0) is 37.1. The molecule has 1 heterocycles. The lowest BCUT2D eigenvalue weighted by Crippen LogP contribution is -2.54. The van der Waals surface area contributed by atoms with Gasteiger partial charge in [0.25, 0.3) is 0 Å². The summed E-state index contributed by atoms with van der Waals surface area (Å²) in [6.07, 6.45) is 25.6. The van der Waals surface area contributed by atoms with E-state index in [-0.39, 0.29) is 29.3 Å². The van der Waals surface area contributed by atoms with Crippen molar-refractivity contribution in [2.75, 3.05) is 13.2 Å². The van der Waals surface area contributed by atoms with E-state index in [1.165, 1.54) is 96.3 Å². The monoisotopic (exact) mass is 692 g/mol. The molecule has 0 spiro atoms. The Morgan fingerprint density at radius 2 is 1.16 bits per heavy atom. The van der Waals surface area contributed by atoms with Gasteiger partial charge in [-0.25, -0.2) is 0 Å². The second kappa shape index (κ2) is 23.1. The predicted octanol–water partition coefficient (Wildman–Crippen LogP) is 12.0. The molecule has 0 aliphatic carbocycles. The van der Waals surface area contributed by atoms with Gasteiger partial charge in [-0.1, -0.05) is 178 Å². The van der Waals surface area contributed by atoms with Crippen LogP contribution in [-0.4, -0.2) is 47.0 Å². The standard InChI is InChI=1S/C43H81NO5/c1-11-12-13-14-15-16-17-18-19-20-21-22-23-24-25-26-27-28-32-49-40(48)37(34(2)3)38(39(46)47)43(9,10)42(7,8)33-35(41(4,5)6)44-31-29-30-36(44)45/h34-35,37-38H,11-33H2,1-10H3,(H,46,47). The summed E-state index contributed by atoms with van der Waals surface area (Å²) in [5, 5.41) is 10.6. The maximum atomic E-state index is 13.6. The molecule has 3 unspecified atom stereocenters. The highest BCUT2D eigenvalue weighted by Gasteiger charge is 2.54. The number of hydrogen-bond acceptors (Lipinski definition) is 4. The molecule has 1 N–H and O–H groups in total. The van der Waals surface area contributed by atoms with Crippen LogP contribution in [-0.2, 0) is 19.1 Å². The van der Waals surface area contributed by atoms with Gasteiger partial charge in [0.05, 0.1) is 18.4 Å². The topological polar surface area (TPSA) is 83.9 Å². The zero-order valence-corrected chi connectivity index (χ0v) is 34.1. The molecule has 1 rings (SSSR count). The van der Waals surface area contributed by atoms with Crippen molar-refractivity contribution in [2.24, 2.45) is 34.0 Å². The molecule has 6 nitrogen and oxygen atoms in total. The normalized spacial score (nSPS) is 16.3. The van der Waals surface area contributed by atoms with Crippen molar-refractivity contribution in [3.8, 4) is 0 Å². The first-order valence-electron chi connectivity index (χ1n) is 20.7. The number of carboxylic acid groups (broad SMARTS) is 1. The zero-order valence-electron chi connectivity index (χ0n) is 34.1. The molecule has 0 saturated carbocycles. The second-order valence-electron chi connectivity index (χ2n) is 18.1. The molecule has 0 radical (unpaired) electrons. The van der Waals surface area contributed by atoms with E-state index in [2.05, 4.69) is 41.5 Å². The van der Waals surface area contributed by atoms with Crippen LogP contribution in [0.25, 0.3) is 0 Å². The highest BCUT2D eigenvalue weighted by Crippen LogP contribution is 2.53. The Morgan fingerprint density at radius 1 is 0.735 bits per heavy atom. The van der Waals surface area contributed by atoms with Crippen LogP contribution in [0.2, 0.25) is 0 Å². The number of amides is 1. The largest absolute Gasteiger partial charge is 0.481 e. The molecule has 288 valence electrons. The third-order valence-electron chi connectivity index (χ3n) is 12.1. The summed E-state index contributed by atoms with van der Waals surface area (Å²) in [6.45, 7) is 21.9. The molecule has 3 atom stereocenters. The highest BCUT2D eigenvalue weighted by molar-refractivity contribution is 5.82. The average Bonchev–Trinajstić information content (AvgIpc) is 3.43. The van der Waals surface area contributed by atoms with Gasteiger partial charge in [0, 0.05) is 19.0 Å². The third kappa shape index (κ3) is 16.1. The fourth-order valence-electron chi connectivity index (χ4n) is 8.03. The van der Waals surface area contributed by atoms with E-state index in [9.17, 15) is 19.5 Å². The summed E-state index contributed by atoms with van der Waals surface area (Å²) in [7, 11) is 0. The minimum atomic E-state index is -0.952. The predicted molar refractivity (Wildman–Crippen MR) is 206 cm³/mol. The SMILES string of the molecule is CCCCCCCCCCCCCCCCCCCCOC(=O)C(C(C)C)C(C(=O)O)C(C)(C)C(C)(C)CC(N1CCCC1=O)C(C)(C)C. The summed E-state index contributed by atoms with van der Waals surface area (Å²) in [5.41, 5.74) is -1.38. The Hall–Kier alpha value is -1.59. The third-order valence-corrected chi connectivity index (χ3v) is 12.1. The van der Waals surface area contributed by atoms with Crippen LogP contribution in [0.5, 0.6) is 0 Å². The molecular weight excluding hydrogens is 610 g/mol. The van der Waals surface area contributed by atoms with Crippen molar-refractivity contribution in [3.63, 3.8) is 0 Å². The Morgan fingerprint density at radius 3 is 1.51 bits per heavy atom. The first-order valence-corrected chi connectivity index (χ1v) is 20.7. The van der Waals surface area contributed by atoms with Crippen molar-refractivity contribution in [3.05, 3.63) is 0 Å². The summed E-state index contributed by atoms with van der Waals surface area (Å²) >= 11 is 0. The van der Waals surface area contributed by atoms with Gasteiger partial charge in [0.2, 0.25) is 5.91 Å². The number of esters is 1. The van der Waals surface area contributed by atoms with Gasteiger partial charge in [-0.3, -0.25) is 14.4 Å². The summed E-state index contributed by atoms with van der Waals surface area (Å²) in [4.78, 5) is 41.4. The van der Waals surface area contributed by atoms with Crippen LogP contribution in [0.1, 0.15) is 204 Å². The van der Waals surface area contributed by atoms with E-state index in [1.807, 2.05) is 32.6 Å². The number of nitrogens with zero attached hydrogens (tertiary/aromatic N) is 1. The van der Waals surface area contributed by atoms with Crippen LogP contribution >= 0.6 is 0 Å². The van der Waals surface area contributed by atoms with Gasteiger partial charge in [0.15, 0.2) is 0 Å². The van der Waals surface area contributed by atoms with Gasteiger partial charge in [-0.2, -0.15) is 0 Å². The molecule has 1 saturated heterocycles. The number of rotatable bonds is 28. The first-order chi connectivity index (χ1) is 23.0. The second-order valence-corrected chi connectivity index (χ2v) is 18.1. The molecule has 1 fully saturated rings. The molecule has 0 aromatic carbocycles. The average molecular weight is 692 g/mol. The smallest absolute Gasteiger partial charge is 0.310 e. The fraction of sp³-hybridized carbons (Fsp3) is 0.930. The van der Waals surface area contributed by atoms with E-state index in [4.69, 9.17) is 4.74 Å². The van der Waals surface area contributed by atoms with Crippen molar-refractivity contribution in [2.45, 2.75) is 210 Å². The molecule has 49 heavy (non-hydrogen) atoms. The lowest BCUT2D eigenvalue weighted by atomic mass is 9.54. The Kier molecular flexibility index (Phi) is 21.4. The van der Waals surface area contributed by atoms with E-state index < -0.39 is 28.6 Å². The minimum Gasteiger partial charge on any atom is -0.481 e. The van der Waals surface area contributed by atoms with Crippen molar-refractivity contribution in [1.29, 1.82) is 0 Å². The van der Waals surface area contributed by atoms with Crippen molar-refractivity contribution >= 4 is 17.8 Å². The Balaban J connectivity index is 2.50. The van der Waals surface area contributed by atoms with Gasteiger partial charge in [0.1, 0.15) is 0 Å². The van der Waals surface area contributed by atoms with Crippen LogP contribution in [0.15, 0.2) is 0 Å². The van der Waals surface area contributed by atoms with Gasteiger partial charge >= 0.3 is 11.9 Å². The molecular formula is C43H81NO5. The van der Waals surface area contributed by atoms with E-state index in [1.54, 1.807) is 0 Å². The van der Waals surface area contributed by atoms with E-state index >= 15 is 0 Å². The van der Waals surface area contributed by atoms with Gasteiger partial charge in [-0.15, -0.1) is 0 Å². The number of unbranched alkanes of at least 4 members (excludes halogenated alkanes) is 17. The molecule has 1 amide bonds. The van der Waals surface area contributed by atoms with Crippen LogP contribution in [0.4, 0.5) is 0 Å². The van der Waals surface area contributed by atoms with Crippen molar-refractivity contribution in [1.82, 2.24) is 4.90 Å². The number of carbonyl (C=O) groups excluding carboxylic acids is 2. The lowest BCUT2D eigenvalue weighted by Gasteiger charge is -2.52. The fourth-order valence-corrected chi connectivity index (χ4v) is 8.03. The maximum absolute atomic E-state index is 13.6. The maximum Gasteiger partial charge on any atom is 0.310 e. The Bertz CT molecular complexity index is 933. The molecule has 1 aliphatic heterocycles. The molecule has 6 heteroatoms. The number of likely N-dealkylation sites (tertiary alicyclic amines) is 1. The lowest BCUT2D eigenvalue weighted by molar-refractivity contribution is -0.170. The van der Waals surface area contributed by atoms with Gasteiger partial charge in [-0.05, 0) is 41.4 Å². The molecule has 1 aliphatic rings. The van der Waals surface area contributed by atoms with Crippen LogP contribution < -0.4 is 0 Å². The minimum absolute atomic E-state index is 0.0137. The van der Waals surface area contributed by atoms with Crippen LogP contribution in [0, 0.1) is 34.0 Å². The Labute approximate surface area is 303 Å². The quantitative estimate of drug-likeness (QED) is 0.0652. The summed E-state index contributed by atoms with van der Waals surface area (Å²) < 4.78 is 5.81.